The highest BCUT2D eigenvalue weighted by Crippen LogP contribution is 2.45. The Hall–Kier alpha value is -1.71. The van der Waals surface area contributed by atoms with Crippen molar-refractivity contribution in [3.8, 4) is 0 Å². The number of carbonyl (C=O) groups is 1. The van der Waals surface area contributed by atoms with Crippen molar-refractivity contribution in [1.29, 1.82) is 0 Å². The second-order valence-electron chi connectivity index (χ2n) is 5.06. The maximum atomic E-state index is 13.2. The molecular weight excluding hydrogens is 250 g/mol. The lowest BCUT2D eigenvalue weighted by Crippen LogP contribution is -2.37. The summed E-state index contributed by atoms with van der Waals surface area (Å²) in [5.41, 5.74) is -0.280. The summed E-state index contributed by atoms with van der Waals surface area (Å²) >= 11 is 0. The van der Waals surface area contributed by atoms with Crippen LogP contribution in [0.15, 0.2) is 36.4 Å². The summed E-state index contributed by atoms with van der Waals surface area (Å²) in [5, 5.41) is 9.34. The smallest absolute Gasteiger partial charge is 0.313 e. The van der Waals surface area contributed by atoms with Crippen LogP contribution in [0.2, 0.25) is 0 Å². The number of halogens is 2. The molecule has 0 amide bonds. The van der Waals surface area contributed by atoms with Gasteiger partial charge in [0.1, 0.15) is 0 Å². The second-order valence-corrected chi connectivity index (χ2v) is 5.06. The van der Waals surface area contributed by atoms with Crippen LogP contribution >= 0.6 is 0 Å². The van der Waals surface area contributed by atoms with E-state index in [4.69, 9.17) is 0 Å². The molecule has 19 heavy (non-hydrogen) atoms. The van der Waals surface area contributed by atoms with Gasteiger partial charge in [-0.1, -0.05) is 42.5 Å². The van der Waals surface area contributed by atoms with Gasteiger partial charge in [-0.05, 0) is 18.4 Å². The molecule has 1 saturated carbocycles. The van der Waals surface area contributed by atoms with Gasteiger partial charge in [0.2, 0.25) is 5.92 Å². The lowest BCUT2D eigenvalue weighted by molar-refractivity contribution is -0.152. The fraction of sp³-hybridized carbons (Fsp3) is 0.400. The monoisotopic (exact) mass is 266 g/mol. The highest BCUT2D eigenvalue weighted by Gasteiger charge is 2.46. The molecule has 2 rings (SSSR count). The highest BCUT2D eigenvalue weighted by atomic mass is 19.3. The van der Waals surface area contributed by atoms with Gasteiger partial charge in [-0.15, -0.1) is 0 Å². The van der Waals surface area contributed by atoms with E-state index < -0.39 is 17.3 Å². The minimum atomic E-state index is -2.72. The first-order valence-electron chi connectivity index (χ1n) is 6.29. The summed E-state index contributed by atoms with van der Waals surface area (Å²) < 4.78 is 26.3. The number of hydrogen-bond donors (Lipinski definition) is 1. The predicted molar refractivity (Wildman–Crippen MR) is 69.0 cm³/mol. The Labute approximate surface area is 110 Å². The molecule has 0 aromatic heterocycles. The lowest BCUT2D eigenvalue weighted by Gasteiger charge is -2.34. The summed E-state index contributed by atoms with van der Waals surface area (Å²) in [4.78, 5) is 11.4. The topological polar surface area (TPSA) is 37.3 Å². The number of carboxylic acid groups (broad SMARTS) is 1. The third kappa shape index (κ3) is 3.19. The zero-order valence-corrected chi connectivity index (χ0v) is 10.5. The number of hydrogen-bond acceptors (Lipinski definition) is 1. The van der Waals surface area contributed by atoms with Gasteiger partial charge in [-0.3, -0.25) is 4.79 Å². The number of rotatable bonds is 3. The Morgan fingerprint density at radius 1 is 1.11 bits per heavy atom. The SMILES string of the molecule is O=C(O)C1(/C=C/c2ccccc2)CCC(F)(F)CC1. The van der Waals surface area contributed by atoms with Crippen LogP contribution in [0.4, 0.5) is 8.78 Å². The Morgan fingerprint density at radius 3 is 2.21 bits per heavy atom. The molecule has 1 aromatic rings. The zero-order chi connectivity index (χ0) is 13.9. The average molecular weight is 266 g/mol. The van der Waals surface area contributed by atoms with Crippen molar-refractivity contribution >= 4 is 12.0 Å². The fourth-order valence-corrected chi connectivity index (χ4v) is 2.33. The molecule has 0 radical (unpaired) electrons. The Morgan fingerprint density at radius 2 is 1.68 bits per heavy atom. The van der Waals surface area contributed by atoms with Crippen molar-refractivity contribution in [2.75, 3.05) is 0 Å². The number of benzene rings is 1. The fourth-order valence-electron chi connectivity index (χ4n) is 2.33. The van der Waals surface area contributed by atoms with Crippen LogP contribution in [-0.4, -0.2) is 17.0 Å². The average Bonchev–Trinajstić information content (AvgIpc) is 2.39. The molecule has 1 aliphatic carbocycles. The molecule has 0 spiro atoms. The van der Waals surface area contributed by atoms with E-state index in [9.17, 15) is 18.7 Å². The van der Waals surface area contributed by atoms with E-state index in [1.54, 1.807) is 12.2 Å². The molecular formula is C15H16F2O2. The first kappa shape index (κ1) is 13.7. The second kappa shape index (κ2) is 5.11. The quantitative estimate of drug-likeness (QED) is 0.898. The van der Waals surface area contributed by atoms with E-state index in [1.807, 2.05) is 30.3 Å². The summed E-state index contributed by atoms with van der Waals surface area (Å²) in [7, 11) is 0. The maximum Gasteiger partial charge on any atom is 0.313 e. The van der Waals surface area contributed by atoms with E-state index in [0.717, 1.165) is 5.56 Å². The van der Waals surface area contributed by atoms with Crippen LogP contribution in [0.25, 0.3) is 6.08 Å². The first-order valence-corrected chi connectivity index (χ1v) is 6.29. The summed E-state index contributed by atoms with van der Waals surface area (Å²) in [6.07, 6.45) is 2.52. The summed E-state index contributed by atoms with van der Waals surface area (Å²) in [6, 6.07) is 9.27. The van der Waals surface area contributed by atoms with Gasteiger partial charge < -0.3 is 5.11 Å². The minimum Gasteiger partial charge on any atom is -0.481 e. The van der Waals surface area contributed by atoms with Crippen molar-refractivity contribution in [2.24, 2.45) is 5.41 Å². The van der Waals surface area contributed by atoms with E-state index >= 15 is 0 Å². The van der Waals surface area contributed by atoms with Gasteiger partial charge in [0.05, 0.1) is 5.41 Å². The standard InChI is InChI=1S/C15H16F2O2/c16-15(17)10-8-14(9-11-15,13(18)19)7-6-12-4-2-1-3-5-12/h1-7H,8-11H2,(H,18,19)/b7-6+. The minimum absolute atomic E-state index is 0.0152. The summed E-state index contributed by atoms with van der Waals surface area (Å²) in [5.74, 6) is -3.74. The van der Waals surface area contributed by atoms with E-state index in [1.165, 1.54) is 0 Å². The molecule has 0 aliphatic heterocycles. The van der Waals surface area contributed by atoms with Crippen molar-refractivity contribution in [3.05, 3.63) is 42.0 Å². The molecule has 1 fully saturated rings. The van der Waals surface area contributed by atoms with E-state index in [2.05, 4.69) is 0 Å². The Bertz CT molecular complexity index is 470. The van der Waals surface area contributed by atoms with Gasteiger partial charge in [0.25, 0.3) is 0 Å². The van der Waals surface area contributed by atoms with Crippen LogP contribution in [0, 0.1) is 5.41 Å². The van der Waals surface area contributed by atoms with Gasteiger partial charge in [-0.2, -0.15) is 0 Å². The largest absolute Gasteiger partial charge is 0.481 e. The van der Waals surface area contributed by atoms with Crippen LogP contribution in [0.1, 0.15) is 31.2 Å². The maximum absolute atomic E-state index is 13.2. The van der Waals surface area contributed by atoms with Crippen molar-refractivity contribution in [2.45, 2.75) is 31.6 Å². The predicted octanol–water partition coefficient (Wildman–Crippen LogP) is 3.98. The van der Waals surface area contributed by atoms with Gasteiger partial charge in [-0.25, -0.2) is 8.78 Å². The van der Waals surface area contributed by atoms with Crippen molar-refractivity contribution in [1.82, 2.24) is 0 Å². The molecule has 0 saturated heterocycles. The highest BCUT2D eigenvalue weighted by molar-refractivity contribution is 5.78. The molecule has 0 atom stereocenters. The Kier molecular flexibility index (Phi) is 3.69. The number of aliphatic carboxylic acids is 1. The van der Waals surface area contributed by atoms with E-state index in [-0.39, 0.29) is 25.7 Å². The molecule has 102 valence electrons. The third-order valence-corrected chi connectivity index (χ3v) is 3.69. The van der Waals surface area contributed by atoms with Gasteiger partial charge >= 0.3 is 5.97 Å². The molecule has 4 heteroatoms. The molecule has 2 nitrogen and oxygen atoms in total. The number of carboxylic acids is 1. The third-order valence-electron chi connectivity index (χ3n) is 3.69. The molecule has 1 N–H and O–H groups in total. The molecule has 0 bridgehead atoms. The Balaban J connectivity index is 2.18. The van der Waals surface area contributed by atoms with E-state index in [0.29, 0.717) is 0 Å². The van der Waals surface area contributed by atoms with Crippen LogP contribution in [-0.2, 0) is 4.79 Å². The van der Waals surface area contributed by atoms with Crippen molar-refractivity contribution in [3.63, 3.8) is 0 Å². The normalized spacial score (nSPS) is 21.4. The lowest BCUT2D eigenvalue weighted by atomic mass is 9.72. The van der Waals surface area contributed by atoms with Gasteiger partial charge in [0, 0.05) is 12.8 Å². The molecule has 0 unspecified atom stereocenters. The van der Waals surface area contributed by atoms with Crippen LogP contribution in [0.5, 0.6) is 0 Å². The zero-order valence-electron chi connectivity index (χ0n) is 10.5. The van der Waals surface area contributed by atoms with Crippen LogP contribution < -0.4 is 0 Å². The molecule has 1 aromatic carbocycles. The molecule has 1 aliphatic rings. The van der Waals surface area contributed by atoms with Gasteiger partial charge in [0.15, 0.2) is 0 Å². The molecule has 0 heterocycles. The number of alkyl halides is 2. The van der Waals surface area contributed by atoms with Crippen molar-refractivity contribution < 1.29 is 18.7 Å². The first-order chi connectivity index (χ1) is 8.94. The summed E-state index contributed by atoms with van der Waals surface area (Å²) in [6.45, 7) is 0. The van der Waals surface area contributed by atoms with Crippen LogP contribution in [0.3, 0.4) is 0 Å².